The summed E-state index contributed by atoms with van der Waals surface area (Å²) in [5, 5.41) is 11.3. The summed E-state index contributed by atoms with van der Waals surface area (Å²) in [4.78, 5) is 37.3. The monoisotopic (exact) mass is 435 g/mol. The predicted molar refractivity (Wildman–Crippen MR) is 120 cm³/mol. The molecule has 0 spiro atoms. The van der Waals surface area contributed by atoms with Crippen LogP contribution in [-0.2, 0) is 20.8 Å². The smallest absolute Gasteiger partial charge is 0.303 e. The number of aliphatic carboxylic acids is 1. The Labute approximate surface area is 183 Å². The van der Waals surface area contributed by atoms with Crippen molar-refractivity contribution in [3.8, 4) is 11.3 Å². The molecule has 0 fully saturated rings. The molecule has 31 heavy (non-hydrogen) atoms. The molecule has 7 nitrogen and oxygen atoms in total. The molecular weight excluding hydrogens is 414 g/mol. The van der Waals surface area contributed by atoms with Gasteiger partial charge in [0.25, 0.3) is 0 Å². The van der Waals surface area contributed by atoms with Gasteiger partial charge < -0.3 is 10.4 Å². The number of benzene rings is 2. The molecule has 0 saturated heterocycles. The Morgan fingerprint density at radius 1 is 1.03 bits per heavy atom. The Morgan fingerprint density at radius 3 is 2.55 bits per heavy atom. The molecule has 0 unspecified atom stereocenters. The Morgan fingerprint density at radius 2 is 1.77 bits per heavy atom. The second-order valence-corrected chi connectivity index (χ2v) is 8.38. The molecule has 1 aromatic heterocycles. The van der Waals surface area contributed by atoms with Crippen molar-refractivity contribution in [2.24, 2.45) is 0 Å². The van der Waals surface area contributed by atoms with Crippen molar-refractivity contribution in [1.82, 2.24) is 4.68 Å². The molecule has 1 atom stereocenters. The fourth-order valence-electron chi connectivity index (χ4n) is 3.44. The molecule has 3 aromatic rings. The summed E-state index contributed by atoms with van der Waals surface area (Å²) < 4.78 is 1.62. The molecule has 0 bridgehead atoms. The molecule has 158 valence electrons. The zero-order valence-corrected chi connectivity index (χ0v) is 17.4. The average molecular weight is 436 g/mol. The van der Waals surface area contributed by atoms with Crippen LogP contribution in [0.4, 0.5) is 5.69 Å². The average Bonchev–Trinajstić information content (AvgIpc) is 3.15. The molecule has 8 heteroatoms. The number of hydrogen-bond donors (Lipinski definition) is 3. The van der Waals surface area contributed by atoms with Gasteiger partial charge in [-0.2, -0.15) is 0 Å². The van der Waals surface area contributed by atoms with Crippen LogP contribution in [0.3, 0.4) is 0 Å². The summed E-state index contributed by atoms with van der Waals surface area (Å²) in [7, 11) is 0. The minimum absolute atomic E-state index is 0.00435. The van der Waals surface area contributed by atoms with E-state index < -0.39 is 11.2 Å². The van der Waals surface area contributed by atoms with E-state index in [0.29, 0.717) is 5.69 Å². The van der Waals surface area contributed by atoms with Gasteiger partial charge in [0.15, 0.2) is 0 Å². The lowest BCUT2D eigenvalue weighted by molar-refractivity contribution is -0.137. The standard InChI is InChI=1S/C23H21N3O4S/c27-21(14-20-23(30)24-17-8-4-5-9-19(17)31-20)25-26-16(11-13-22(28)29)10-12-18(26)15-6-2-1-3-7-15/h1-10,12,20H,11,13-14H2,(H,24,30)(H,25,27)(H,28,29)/t20-/m1/s1. The van der Waals surface area contributed by atoms with Crippen LogP contribution in [0.1, 0.15) is 18.5 Å². The number of aromatic nitrogens is 1. The quantitative estimate of drug-likeness (QED) is 0.525. The molecule has 2 heterocycles. The van der Waals surface area contributed by atoms with Crippen LogP contribution in [0.15, 0.2) is 71.6 Å². The van der Waals surface area contributed by atoms with E-state index >= 15 is 0 Å². The Kier molecular flexibility index (Phi) is 6.08. The van der Waals surface area contributed by atoms with Crippen LogP contribution in [0.5, 0.6) is 0 Å². The first-order valence-electron chi connectivity index (χ1n) is 9.85. The van der Waals surface area contributed by atoms with Gasteiger partial charge in [-0.3, -0.25) is 24.5 Å². The summed E-state index contributed by atoms with van der Waals surface area (Å²) in [6, 6.07) is 20.7. The lowest BCUT2D eigenvalue weighted by atomic mass is 10.2. The predicted octanol–water partition coefficient (Wildman–Crippen LogP) is 3.75. The van der Waals surface area contributed by atoms with Crippen molar-refractivity contribution in [1.29, 1.82) is 0 Å². The van der Waals surface area contributed by atoms with Crippen molar-refractivity contribution >= 4 is 35.2 Å². The highest BCUT2D eigenvalue weighted by Crippen LogP contribution is 2.36. The number of anilines is 1. The number of thioether (sulfide) groups is 1. The van der Waals surface area contributed by atoms with E-state index in [1.165, 1.54) is 11.8 Å². The molecule has 2 aromatic carbocycles. The van der Waals surface area contributed by atoms with E-state index in [-0.39, 0.29) is 31.1 Å². The van der Waals surface area contributed by atoms with Crippen molar-refractivity contribution < 1.29 is 19.5 Å². The minimum atomic E-state index is -0.908. The first kappa shape index (κ1) is 20.7. The molecule has 2 amide bonds. The number of carbonyl (C=O) groups excluding carboxylic acids is 2. The van der Waals surface area contributed by atoms with Gasteiger partial charge in [0.1, 0.15) is 0 Å². The van der Waals surface area contributed by atoms with Crippen molar-refractivity contribution in [2.75, 3.05) is 10.7 Å². The molecule has 0 radical (unpaired) electrons. The van der Waals surface area contributed by atoms with Crippen LogP contribution >= 0.6 is 11.8 Å². The number of rotatable bonds is 7. The summed E-state index contributed by atoms with van der Waals surface area (Å²) in [5.41, 5.74) is 5.94. The van der Waals surface area contributed by atoms with Gasteiger partial charge in [-0.1, -0.05) is 42.5 Å². The zero-order valence-electron chi connectivity index (χ0n) is 16.6. The number of carbonyl (C=O) groups is 3. The van der Waals surface area contributed by atoms with Gasteiger partial charge in [-0.25, -0.2) is 0 Å². The molecule has 1 aliphatic rings. The Hall–Kier alpha value is -3.52. The number of nitrogens with one attached hydrogen (secondary N) is 2. The van der Waals surface area contributed by atoms with E-state index in [2.05, 4.69) is 10.7 Å². The van der Waals surface area contributed by atoms with Gasteiger partial charge in [-0.05, 0) is 24.3 Å². The van der Waals surface area contributed by atoms with E-state index in [1.807, 2.05) is 66.7 Å². The van der Waals surface area contributed by atoms with Crippen LogP contribution < -0.4 is 10.7 Å². The lowest BCUT2D eigenvalue weighted by Crippen LogP contribution is -2.34. The molecule has 1 aliphatic heterocycles. The topological polar surface area (TPSA) is 100 Å². The van der Waals surface area contributed by atoms with E-state index in [0.717, 1.165) is 21.8 Å². The SMILES string of the molecule is O=C(O)CCc1ccc(-c2ccccc2)n1NC(=O)C[C@H]1Sc2ccccc2NC1=O. The number of fused-ring (bicyclic) bond motifs is 1. The van der Waals surface area contributed by atoms with Gasteiger partial charge in [0.2, 0.25) is 11.8 Å². The first-order valence-corrected chi connectivity index (χ1v) is 10.7. The highest BCUT2D eigenvalue weighted by Gasteiger charge is 2.29. The van der Waals surface area contributed by atoms with Crippen molar-refractivity contribution in [3.63, 3.8) is 0 Å². The van der Waals surface area contributed by atoms with Crippen molar-refractivity contribution in [2.45, 2.75) is 29.4 Å². The van der Waals surface area contributed by atoms with E-state index in [1.54, 1.807) is 4.68 Å². The van der Waals surface area contributed by atoms with Gasteiger partial charge in [-0.15, -0.1) is 11.8 Å². The molecule has 0 saturated carbocycles. The molecule has 3 N–H and O–H groups in total. The number of carboxylic acid groups (broad SMARTS) is 1. The number of para-hydroxylation sites is 1. The fraction of sp³-hybridized carbons (Fsp3) is 0.174. The highest BCUT2D eigenvalue weighted by atomic mass is 32.2. The second kappa shape index (κ2) is 9.09. The maximum Gasteiger partial charge on any atom is 0.303 e. The third-order valence-corrected chi connectivity index (χ3v) is 6.22. The van der Waals surface area contributed by atoms with Crippen LogP contribution in [0.2, 0.25) is 0 Å². The maximum atomic E-state index is 12.9. The summed E-state index contributed by atoms with van der Waals surface area (Å²) in [6.45, 7) is 0. The molecule has 4 rings (SSSR count). The van der Waals surface area contributed by atoms with Gasteiger partial charge in [0, 0.05) is 29.0 Å². The second-order valence-electron chi connectivity index (χ2n) is 7.14. The normalized spacial score (nSPS) is 15.1. The minimum Gasteiger partial charge on any atom is -0.481 e. The van der Waals surface area contributed by atoms with Crippen molar-refractivity contribution in [3.05, 3.63) is 72.4 Å². The highest BCUT2D eigenvalue weighted by molar-refractivity contribution is 8.01. The van der Waals surface area contributed by atoms with Gasteiger partial charge >= 0.3 is 5.97 Å². The molecule has 0 aliphatic carbocycles. The number of carboxylic acids is 1. The largest absolute Gasteiger partial charge is 0.481 e. The summed E-state index contributed by atoms with van der Waals surface area (Å²) in [5.74, 6) is -1.44. The van der Waals surface area contributed by atoms with Crippen LogP contribution in [-0.4, -0.2) is 32.8 Å². The molecular formula is C23H21N3O4S. The number of amides is 2. The fourth-order valence-corrected chi connectivity index (χ4v) is 4.55. The Bertz CT molecular complexity index is 1130. The number of nitrogens with zero attached hydrogens (tertiary/aromatic N) is 1. The third kappa shape index (κ3) is 4.80. The Balaban J connectivity index is 1.53. The summed E-state index contributed by atoms with van der Waals surface area (Å²) in [6.07, 6.45) is 0.218. The zero-order chi connectivity index (χ0) is 21.8. The van der Waals surface area contributed by atoms with E-state index in [9.17, 15) is 14.4 Å². The maximum absolute atomic E-state index is 12.9. The third-order valence-electron chi connectivity index (χ3n) is 4.94. The van der Waals surface area contributed by atoms with Gasteiger partial charge in [0.05, 0.1) is 23.1 Å². The number of hydrogen-bond acceptors (Lipinski definition) is 4. The van der Waals surface area contributed by atoms with Crippen LogP contribution in [0, 0.1) is 0 Å². The lowest BCUT2D eigenvalue weighted by Gasteiger charge is -2.24. The number of aryl methyl sites for hydroxylation is 1. The first-order chi connectivity index (χ1) is 15.0. The van der Waals surface area contributed by atoms with E-state index in [4.69, 9.17) is 5.11 Å². The van der Waals surface area contributed by atoms with Crippen LogP contribution in [0.25, 0.3) is 11.3 Å². The summed E-state index contributed by atoms with van der Waals surface area (Å²) >= 11 is 1.37.